The number of amides is 1. The van der Waals surface area contributed by atoms with Gasteiger partial charge in [-0.25, -0.2) is 14.4 Å². The van der Waals surface area contributed by atoms with Gasteiger partial charge in [0.1, 0.15) is 5.75 Å². The fourth-order valence-corrected chi connectivity index (χ4v) is 4.73. The number of carbonyl (C=O) groups is 4. The number of hydrogen-bond acceptors (Lipinski definition) is 8. The van der Waals surface area contributed by atoms with Gasteiger partial charge >= 0.3 is 18.5 Å². The molecule has 0 fully saturated rings. The van der Waals surface area contributed by atoms with Gasteiger partial charge in [0.15, 0.2) is 17.2 Å². The van der Waals surface area contributed by atoms with Gasteiger partial charge in [0.05, 0.1) is 18.7 Å². The molecule has 12 heteroatoms. The molecule has 1 aliphatic rings. The summed E-state index contributed by atoms with van der Waals surface area (Å²) < 4.78 is 19.4. The van der Waals surface area contributed by atoms with E-state index in [1.807, 2.05) is 24.3 Å². The molecule has 0 aliphatic heterocycles. The number of fused-ring (bicyclic) bond motifs is 1. The maximum absolute atomic E-state index is 14.2. The highest BCUT2D eigenvalue weighted by Gasteiger charge is 2.33. The van der Waals surface area contributed by atoms with Crippen LogP contribution in [0.25, 0.3) is 0 Å². The first-order valence-electron chi connectivity index (χ1n) is 12.1. The van der Waals surface area contributed by atoms with Crippen LogP contribution in [0.3, 0.4) is 0 Å². The Kier molecular flexibility index (Phi) is 8.38. The van der Waals surface area contributed by atoms with E-state index in [2.05, 4.69) is 9.47 Å². The van der Waals surface area contributed by atoms with Crippen LogP contribution >= 0.6 is 0 Å². The summed E-state index contributed by atoms with van der Waals surface area (Å²) in [5, 5.41) is 27.6. The van der Waals surface area contributed by atoms with Gasteiger partial charge in [-0.2, -0.15) is 0 Å². The molecule has 3 N–H and O–H groups in total. The van der Waals surface area contributed by atoms with Gasteiger partial charge in [0, 0.05) is 18.7 Å². The third-order valence-corrected chi connectivity index (χ3v) is 6.33. The molecule has 0 radical (unpaired) electrons. The Bertz CT molecular complexity index is 1450. The Morgan fingerprint density at radius 3 is 2.15 bits per heavy atom. The molecule has 208 valence electrons. The number of methoxy groups -OCH3 is 1. The Labute approximate surface area is 227 Å². The summed E-state index contributed by atoms with van der Waals surface area (Å²) in [5.41, 5.74) is 2.31. The van der Waals surface area contributed by atoms with Crippen LogP contribution in [0.2, 0.25) is 0 Å². The fourth-order valence-electron chi connectivity index (χ4n) is 4.73. The standard InChI is InChI=1S/C28H25NO11/c1-37-18-9-4-6-16(12-18)15-29(21-11-5-8-17-7-2-3-10-19(17)21)25(30)20-13-23(39-27(33)34)24(40-28(35)36)14-22(20)38-26(31)32/h2-4,6-7,9-10,12-14,21H,5,8,11,15H2,1H3,(H,31,32)(H,33,34)(H,35,36)/t21-/m0/s1. The molecule has 0 aromatic heterocycles. The zero-order valence-electron chi connectivity index (χ0n) is 21.2. The molecule has 3 aromatic rings. The lowest BCUT2D eigenvalue weighted by Crippen LogP contribution is -2.36. The van der Waals surface area contributed by atoms with Gasteiger partial charge in [-0.15, -0.1) is 0 Å². The normalized spacial score (nSPS) is 13.9. The van der Waals surface area contributed by atoms with Crippen LogP contribution < -0.4 is 18.9 Å². The molecule has 4 rings (SSSR count). The minimum atomic E-state index is -1.82. The first-order chi connectivity index (χ1) is 19.2. The van der Waals surface area contributed by atoms with Crippen LogP contribution in [-0.2, 0) is 13.0 Å². The zero-order chi connectivity index (χ0) is 28.8. The number of nitrogens with zero attached hydrogens (tertiary/aromatic N) is 1. The highest BCUT2D eigenvalue weighted by atomic mass is 16.7. The molecule has 0 heterocycles. The molecular weight excluding hydrogens is 526 g/mol. The summed E-state index contributed by atoms with van der Waals surface area (Å²) in [6, 6.07) is 16.0. The van der Waals surface area contributed by atoms with Gasteiger partial charge in [-0.05, 0) is 48.1 Å². The van der Waals surface area contributed by atoms with Gasteiger partial charge in [-0.3, -0.25) is 4.79 Å². The predicted octanol–water partition coefficient (Wildman–Crippen LogP) is 5.59. The lowest BCUT2D eigenvalue weighted by atomic mass is 9.86. The molecule has 0 bridgehead atoms. The second-order valence-corrected chi connectivity index (χ2v) is 8.79. The van der Waals surface area contributed by atoms with Crippen LogP contribution in [0.15, 0.2) is 60.7 Å². The van der Waals surface area contributed by atoms with Crippen molar-refractivity contribution < 1.29 is 53.4 Å². The van der Waals surface area contributed by atoms with Crippen LogP contribution in [0.1, 0.15) is 45.9 Å². The smallest absolute Gasteiger partial charge is 0.497 e. The van der Waals surface area contributed by atoms with E-state index >= 15 is 0 Å². The number of rotatable bonds is 8. The van der Waals surface area contributed by atoms with Gasteiger partial charge in [0.25, 0.3) is 5.91 Å². The maximum atomic E-state index is 14.2. The molecule has 1 aliphatic carbocycles. The van der Waals surface area contributed by atoms with Crippen molar-refractivity contribution in [2.75, 3.05) is 7.11 Å². The number of aryl methyl sites for hydroxylation is 1. The Hall–Kier alpha value is -5.26. The van der Waals surface area contributed by atoms with Crippen molar-refractivity contribution in [3.8, 4) is 23.0 Å². The quantitative estimate of drug-likeness (QED) is 0.236. The third kappa shape index (κ3) is 6.41. The van der Waals surface area contributed by atoms with E-state index in [9.17, 15) is 29.4 Å². The van der Waals surface area contributed by atoms with E-state index in [1.165, 1.54) is 12.0 Å². The molecule has 12 nitrogen and oxygen atoms in total. The summed E-state index contributed by atoms with van der Waals surface area (Å²) in [6.07, 6.45) is -3.23. The number of ether oxygens (including phenoxy) is 4. The molecular formula is C28H25NO11. The highest BCUT2D eigenvalue weighted by molar-refractivity contribution is 5.99. The van der Waals surface area contributed by atoms with Gasteiger partial charge in [0.2, 0.25) is 0 Å². The van der Waals surface area contributed by atoms with Crippen molar-refractivity contribution in [1.82, 2.24) is 4.90 Å². The van der Waals surface area contributed by atoms with E-state index in [0.717, 1.165) is 36.1 Å². The molecule has 1 atom stereocenters. The average molecular weight is 552 g/mol. The molecule has 3 aromatic carbocycles. The van der Waals surface area contributed by atoms with Crippen molar-refractivity contribution in [3.63, 3.8) is 0 Å². The first-order valence-corrected chi connectivity index (χ1v) is 12.1. The van der Waals surface area contributed by atoms with Crippen LogP contribution in [0, 0.1) is 0 Å². The second-order valence-electron chi connectivity index (χ2n) is 8.79. The summed E-state index contributed by atoms with van der Waals surface area (Å²) in [6.45, 7) is 0.0735. The third-order valence-electron chi connectivity index (χ3n) is 6.33. The SMILES string of the molecule is COc1cccc(CN(C(=O)c2cc(OC(=O)O)c(OC(=O)O)cc2OC(=O)O)[C@H]2CCCc3ccccc32)c1. The number of hydrogen-bond donors (Lipinski definition) is 3. The maximum Gasteiger partial charge on any atom is 0.511 e. The van der Waals surface area contributed by atoms with Gasteiger partial charge in [-0.1, -0.05) is 36.4 Å². The number of carboxylic acid groups (broad SMARTS) is 3. The van der Waals surface area contributed by atoms with Crippen molar-refractivity contribution >= 4 is 24.4 Å². The molecule has 0 saturated heterocycles. The molecule has 1 amide bonds. The number of benzene rings is 3. The van der Waals surface area contributed by atoms with Crippen molar-refractivity contribution in [2.45, 2.75) is 31.8 Å². The minimum Gasteiger partial charge on any atom is -0.497 e. The predicted molar refractivity (Wildman–Crippen MR) is 137 cm³/mol. The summed E-state index contributed by atoms with van der Waals surface area (Å²) >= 11 is 0. The van der Waals surface area contributed by atoms with E-state index in [1.54, 1.807) is 24.3 Å². The second kappa shape index (κ2) is 12.1. The summed E-state index contributed by atoms with van der Waals surface area (Å²) in [5.74, 6) is -2.02. The van der Waals surface area contributed by atoms with Crippen molar-refractivity contribution in [2.24, 2.45) is 0 Å². The lowest BCUT2D eigenvalue weighted by Gasteiger charge is -2.36. The van der Waals surface area contributed by atoms with E-state index in [-0.39, 0.29) is 12.1 Å². The Morgan fingerprint density at radius 1 is 0.825 bits per heavy atom. The van der Waals surface area contributed by atoms with Crippen LogP contribution in [0.4, 0.5) is 14.4 Å². The Morgan fingerprint density at radius 2 is 1.48 bits per heavy atom. The van der Waals surface area contributed by atoms with Crippen molar-refractivity contribution in [1.29, 1.82) is 0 Å². The van der Waals surface area contributed by atoms with Crippen LogP contribution in [-0.4, -0.2) is 51.7 Å². The van der Waals surface area contributed by atoms with E-state index in [4.69, 9.17) is 14.6 Å². The van der Waals surface area contributed by atoms with Crippen LogP contribution in [0.5, 0.6) is 23.0 Å². The minimum absolute atomic E-state index is 0.0735. The number of carbonyl (C=O) groups excluding carboxylic acids is 1. The summed E-state index contributed by atoms with van der Waals surface area (Å²) in [4.78, 5) is 49.8. The van der Waals surface area contributed by atoms with Crippen molar-refractivity contribution in [3.05, 3.63) is 82.9 Å². The topological polar surface area (TPSA) is 169 Å². The Balaban J connectivity index is 1.87. The molecule has 0 saturated carbocycles. The monoisotopic (exact) mass is 551 g/mol. The lowest BCUT2D eigenvalue weighted by molar-refractivity contribution is 0.0633. The zero-order valence-corrected chi connectivity index (χ0v) is 21.2. The fraction of sp³-hybridized carbons (Fsp3) is 0.214. The van der Waals surface area contributed by atoms with Gasteiger partial charge < -0.3 is 39.2 Å². The largest absolute Gasteiger partial charge is 0.511 e. The molecule has 0 spiro atoms. The molecule has 0 unspecified atom stereocenters. The highest BCUT2D eigenvalue weighted by Crippen LogP contribution is 2.40. The van der Waals surface area contributed by atoms with E-state index in [0.29, 0.717) is 17.7 Å². The molecule has 40 heavy (non-hydrogen) atoms. The average Bonchev–Trinajstić information content (AvgIpc) is 2.91. The first kappa shape index (κ1) is 27.8. The van der Waals surface area contributed by atoms with E-state index < -0.39 is 47.7 Å². The summed E-state index contributed by atoms with van der Waals surface area (Å²) in [7, 11) is 1.51.